The van der Waals surface area contributed by atoms with Crippen LogP contribution in [0.4, 0.5) is 0 Å². The van der Waals surface area contributed by atoms with Crippen LogP contribution >= 0.6 is 11.6 Å². The molecule has 0 amide bonds. The lowest BCUT2D eigenvalue weighted by Gasteiger charge is -2.15. The van der Waals surface area contributed by atoms with Gasteiger partial charge in [0.05, 0.1) is 12.4 Å². The average Bonchev–Trinajstić information content (AvgIpc) is 2.96. The van der Waals surface area contributed by atoms with Crippen LogP contribution in [0.25, 0.3) is 0 Å². The Morgan fingerprint density at radius 2 is 1.88 bits per heavy atom. The van der Waals surface area contributed by atoms with Gasteiger partial charge in [-0.3, -0.25) is 0 Å². The number of benzene rings is 2. The molecule has 0 fully saturated rings. The minimum Gasteiger partial charge on any atom is -0.493 e. The van der Waals surface area contributed by atoms with E-state index in [9.17, 15) is 8.42 Å². The summed E-state index contributed by atoms with van der Waals surface area (Å²) in [6.45, 7) is 2.60. The Morgan fingerprint density at radius 3 is 2.62 bits per heavy atom. The lowest BCUT2D eigenvalue weighted by molar-refractivity contribution is 0.357. The summed E-state index contributed by atoms with van der Waals surface area (Å²) in [6, 6.07) is 12.7. The van der Waals surface area contributed by atoms with E-state index in [0.29, 0.717) is 17.0 Å². The number of rotatable bonds is 6. The highest BCUT2D eigenvalue weighted by Gasteiger charge is 2.17. The summed E-state index contributed by atoms with van der Waals surface area (Å²) in [4.78, 5) is 0. The van der Waals surface area contributed by atoms with Gasteiger partial charge < -0.3 is 4.74 Å². The molecular formula is C18H20ClNO3S. The molecule has 128 valence electrons. The molecule has 1 atom stereocenters. The van der Waals surface area contributed by atoms with E-state index in [1.54, 1.807) is 24.3 Å². The van der Waals surface area contributed by atoms with Gasteiger partial charge in [0.2, 0.25) is 10.0 Å². The van der Waals surface area contributed by atoms with Gasteiger partial charge in [-0.05, 0) is 48.2 Å². The second kappa shape index (κ2) is 7.13. The van der Waals surface area contributed by atoms with Crippen molar-refractivity contribution in [3.05, 3.63) is 64.2 Å². The summed E-state index contributed by atoms with van der Waals surface area (Å²) in [5.41, 5.74) is 3.03. The van der Waals surface area contributed by atoms with Gasteiger partial charge in [0.1, 0.15) is 5.75 Å². The maximum absolute atomic E-state index is 12.3. The van der Waals surface area contributed by atoms with E-state index >= 15 is 0 Å². The van der Waals surface area contributed by atoms with Crippen molar-refractivity contribution in [2.75, 3.05) is 6.61 Å². The van der Waals surface area contributed by atoms with Crippen LogP contribution in [0.2, 0.25) is 5.02 Å². The average molecular weight is 366 g/mol. The quantitative estimate of drug-likeness (QED) is 0.854. The SMILES string of the molecule is CC(Cc1ccc2c(c1)CCO2)NS(=O)(=O)Cc1ccc(Cl)cc1. The molecule has 1 N–H and O–H groups in total. The van der Waals surface area contributed by atoms with E-state index in [1.807, 2.05) is 19.1 Å². The number of halogens is 1. The zero-order chi connectivity index (χ0) is 17.2. The summed E-state index contributed by atoms with van der Waals surface area (Å²) >= 11 is 5.82. The third-order valence-corrected chi connectivity index (χ3v) is 5.67. The molecule has 0 bridgehead atoms. The van der Waals surface area contributed by atoms with E-state index in [-0.39, 0.29) is 11.8 Å². The fourth-order valence-electron chi connectivity index (χ4n) is 2.91. The standard InChI is InChI=1S/C18H20ClNO3S/c1-13(10-15-4-7-18-16(11-15)8-9-23-18)20-24(21,22)12-14-2-5-17(19)6-3-14/h2-7,11,13,20H,8-10,12H2,1H3. The third-order valence-electron chi connectivity index (χ3n) is 3.95. The predicted molar refractivity (Wildman–Crippen MR) is 96.0 cm³/mol. The van der Waals surface area contributed by atoms with Crippen LogP contribution < -0.4 is 9.46 Å². The highest BCUT2D eigenvalue weighted by Crippen LogP contribution is 2.26. The number of hydrogen-bond donors (Lipinski definition) is 1. The molecule has 4 nitrogen and oxygen atoms in total. The van der Waals surface area contributed by atoms with E-state index in [2.05, 4.69) is 10.8 Å². The first-order valence-electron chi connectivity index (χ1n) is 7.90. The predicted octanol–water partition coefficient (Wildman–Crippen LogP) is 3.33. The molecule has 0 spiro atoms. The maximum Gasteiger partial charge on any atom is 0.216 e. The van der Waals surface area contributed by atoms with Gasteiger partial charge in [0.25, 0.3) is 0 Å². The van der Waals surface area contributed by atoms with E-state index in [0.717, 1.165) is 24.3 Å². The van der Waals surface area contributed by atoms with Crippen molar-refractivity contribution in [2.45, 2.75) is 31.6 Å². The highest BCUT2D eigenvalue weighted by molar-refractivity contribution is 7.88. The molecule has 1 aliphatic heterocycles. The van der Waals surface area contributed by atoms with Crippen molar-refractivity contribution in [1.29, 1.82) is 0 Å². The van der Waals surface area contributed by atoms with E-state index in [4.69, 9.17) is 16.3 Å². The second-order valence-corrected chi connectivity index (χ2v) is 8.34. The van der Waals surface area contributed by atoms with Crippen LogP contribution in [0.3, 0.4) is 0 Å². The molecule has 1 aliphatic rings. The Morgan fingerprint density at radius 1 is 1.17 bits per heavy atom. The second-order valence-electron chi connectivity index (χ2n) is 6.15. The fraction of sp³-hybridized carbons (Fsp3) is 0.333. The first kappa shape index (κ1) is 17.3. The molecular weight excluding hydrogens is 346 g/mol. The highest BCUT2D eigenvalue weighted by atomic mass is 35.5. The van der Waals surface area contributed by atoms with Gasteiger partial charge in [-0.2, -0.15) is 0 Å². The van der Waals surface area contributed by atoms with Gasteiger partial charge in [0.15, 0.2) is 0 Å². The Bertz CT molecular complexity index is 819. The van der Waals surface area contributed by atoms with E-state index < -0.39 is 10.0 Å². The first-order valence-corrected chi connectivity index (χ1v) is 9.93. The molecule has 0 saturated heterocycles. The lowest BCUT2D eigenvalue weighted by atomic mass is 10.0. The lowest BCUT2D eigenvalue weighted by Crippen LogP contribution is -2.35. The summed E-state index contributed by atoms with van der Waals surface area (Å²) in [5.74, 6) is 0.890. The maximum atomic E-state index is 12.3. The van der Waals surface area contributed by atoms with Crippen LogP contribution in [0, 0.1) is 0 Å². The molecule has 1 heterocycles. The molecule has 2 aromatic carbocycles. The largest absolute Gasteiger partial charge is 0.493 e. The summed E-state index contributed by atoms with van der Waals surface area (Å²) in [7, 11) is -3.40. The Hall–Kier alpha value is -1.56. The number of ether oxygens (including phenoxy) is 1. The summed E-state index contributed by atoms with van der Waals surface area (Å²) < 4.78 is 32.9. The zero-order valence-corrected chi connectivity index (χ0v) is 15.0. The van der Waals surface area contributed by atoms with Gasteiger partial charge in [-0.15, -0.1) is 0 Å². The molecule has 0 radical (unpaired) electrons. The molecule has 24 heavy (non-hydrogen) atoms. The Balaban J connectivity index is 1.61. The van der Waals surface area contributed by atoms with Crippen molar-refractivity contribution >= 4 is 21.6 Å². The number of fused-ring (bicyclic) bond motifs is 1. The van der Waals surface area contributed by atoms with Crippen molar-refractivity contribution in [2.24, 2.45) is 0 Å². The third kappa shape index (κ3) is 4.50. The minimum atomic E-state index is -3.40. The van der Waals surface area contributed by atoms with Crippen LogP contribution in [0.1, 0.15) is 23.6 Å². The van der Waals surface area contributed by atoms with Crippen LogP contribution in [-0.2, 0) is 28.6 Å². The summed E-state index contributed by atoms with van der Waals surface area (Å²) in [6.07, 6.45) is 1.56. The van der Waals surface area contributed by atoms with Crippen LogP contribution in [0.15, 0.2) is 42.5 Å². The Kier molecular flexibility index (Phi) is 5.13. The van der Waals surface area contributed by atoms with E-state index in [1.165, 1.54) is 5.56 Å². The molecule has 1 unspecified atom stereocenters. The summed E-state index contributed by atoms with van der Waals surface area (Å²) in [5, 5.41) is 0.595. The molecule has 0 aliphatic carbocycles. The number of hydrogen-bond acceptors (Lipinski definition) is 3. The molecule has 0 aromatic heterocycles. The fourth-order valence-corrected chi connectivity index (χ4v) is 4.45. The molecule has 6 heteroatoms. The smallest absolute Gasteiger partial charge is 0.216 e. The van der Waals surface area contributed by atoms with Gasteiger partial charge in [-0.25, -0.2) is 13.1 Å². The van der Waals surface area contributed by atoms with Gasteiger partial charge in [0, 0.05) is 17.5 Å². The first-order chi connectivity index (χ1) is 11.4. The molecule has 2 aromatic rings. The zero-order valence-electron chi connectivity index (χ0n) is 13.5. The molecule has 0 saturated carbocycles. The van der Waals surface area contributed by atoms with Crippen molar-refractivity contribution < 1.29 is 13.2 Å². The van der Waals surface area contributed by atoms with Gasteiger partial charge in [-0.1, -0.05) is 35.9 Å². The monoisotopic (exact) mass is 365 g/mol. The van der Waals surface area contributed by atoms with Crippen molar-refractivity contribution in [1.82, 2.24) is 4.72 Å². The minimum absolute atomic E-state index is 0.0491. The van der Waals surface area contributed by atoms with Gasteiger partial charge >= 0.3 is 0 Å². The number of sulfonamides is 1. The van der Waals surface area contributed by atoms with Crippen molar-refractivity contribution in [3.8, 4) is 5.75 Å². The van der Waals surface area contributed by atoms with Crippen LogP contribution in [0.5, 0.6) is 5.75 Å². The number of nitrogens with one attached hydrogen (secondary N) is 1. The van der Waals surface area contributed by atoms with Crippen LogP contribution in [-0.4, -0.2) is 21.1 Å². The molecule has 3 rings (SSSR count). The van der Waals surface area contributed by atoms with Crippen molar-refractivity contribution in [3.63, 3.8) is 0 Å². The topological polar surface area (TPSA) is 55.4 Å². The normalized spacial score (nSPS) is 14.9. The Labute approximate surface area is 147 Å².